The zero-order valence-electron chi connectivity index (χ0n) is 22.4. The quantitative estimate of drug-likeness (QED) is 0.284. The number of anilines is 1. The van der Waals surface area contributed by atoms with Gasteiger partial charge in [-0.3, -0.25) is 9.59 Å². The number of aromatic amines is 1. The number of nitrogens with one attached hydrogen (secondary N) is 3. The number of fused-ring (bicyclic) bond motifs is 1. The molecule has 3 N–H and O–H groups in total. The van der Waals surface area contributed by atoms with Crippen LogP contribution in [0.25, 0.3) is 22.4 Å². The number of rotatable bonds is 9. The molecule has 1 aliphatic rings. The van der Waals surface area contributed by atoms with Gasteiger partial charge in [0.2, 0.25) is 5.91 Å². The van der Waals surface area contributed by atoms with Crippen LogP contribution in [0.2, 0.25) is 0 Å². The van der Waals surface area contributed by atoms with Crippen LogP contribution >= 0.6 is 0 Å². The van der Waals surface area contributed by atoms with Crippen LogP contribution in [0.3, 0.4) is 0 Å². The summed E-state index contributed by atoms with van der Waals surface area (Å²) in [6, 6.07) is 22.0. The number of carbonyl (C=O) groups is 2. The number of piperidine rings is 1. The molecule has 0 atom stereocenters. The number of likely N-dealkylation sites (tertiary alicyclic amines) is 1. The van der Waals surface area contributed by atoms with Crippen LogP contribution < -0.4 is 10.6 Å². The smallest absolute Gasteiger partial charge is 0.270 e. The first kappa shape index (κ1) is 26.4. The highest BCUT2D eigenvalue weighted by Gasteiger charge is 2.38. The fourth-order valence-corrected chi connectivity index (χ4v) is 5.29. The van der Waals surface area contributed by atoms with Crippen molar-refractivity contribution in [1.29, 1.82) is 0 Å². The number of ether oxygens (including phenoxy) is 1. The van der Waals surface area contributed by atoms with Crippen LogP contribution in [-0.2, 0) is 14.9 Å². The molecule has 1 fully saturated rings. The normalized spacial score (nSPS) is 14.8. The number of benzene rings is 2. The van der Waals surface area contributed by atoms with Gasteiger partial charge in [0.05, 0.1) is 12.0 Å². The Labute approximate surface area is 228 Å². The van der Waals surface area contributed by atoms with Gasteiger partial charge in [-0.25, -0.2) is 9.97 Å². The van der Waals surface area contributed by atoms with E-state index in [4.69, 9.17) is 14.7 Å². The molecule has 0 bridgehead atoms. The standard InChI is InChI=1S/C30H34N6O3/c1-21(37)31-15-16-32-27-24-19-25(33-28(24)35-26(34-27)22-9-5-3-6-10-22)29(38)36-17-13-30(14-18-36,20-39-2)23-11-7-4-8-12-23/h3-12,19H,13-18,20H2,1-2H3,(H,31,37)(H2,32,33,34,35). The van der Waals surface area contributed by atoms with Crippen molar-refractivity contribution in [3.8, 4) is 11.4 Å². The number of H-pyrrole nitrogens is 1. The number of hydrogen-bond donors (Lipinski definition) is 3. The number of methoxy groups -OCH3 is 1. The molecule has 0 unspecified atom stereocenters. The maximum atomic E-state index is 13.6. The van der Waals surface area contributed by atoms with Crippen molar-refractivity contribution in [2.45, 2.75) is 25.2 Å². The summed E-state index contributed by atoms with van der Waals surface area (Å²) in [4.78, 5) is 39.5. The van der Waals surface area contributed by atoms with Gasteiger partial charge in [0.1, 0.15) is 17.2 Å². The Hall–Kier alpha value is -4.24. The topological polar surface area (TPSA) is 112 Å². The minimum atomic E-state index is -0.103. The zero-order chi connectivity index (χ0) is 27.2. The maximum absolute atomic E-state index is 13.6. The largest absolute Gasteiger partial charge is 0.384 e. The van der Waals surface area contributed by atoms with E-state index in [0.29, 0.717) is 55.8 Å². The summed E-state index contributed by atoms with van der Waals surface area (Å²) in [6.45, 7) is 4.32. The first-order valence-corrected chi connectivity index (χ1v) is 13.3. The molecule has 0 radical (unpaired) electrons. The van der Waals surface area contributed by atoms with Crippen LogP contribution in [0.5, 0.6) is 0 Å². The van der Waals surface area contributed by atoms with Crippen LogP contribution in [0.15, 0.2) is 66.7 Å². The van der Waals surface area contributed by atoms with Gasteiger partial charge >= 0.3 is 0 Å². The highest BCUT2D eigenvalue weighted by molar-refractivity contribution is 6.00. The van der Waals surface area contributed by atoms with E-state index in [0.717, 1.165) is 23.8 Å². The van der Waals surface area contributed by atoms with Crippen molar-refractivity contribution in [2.24, 2.45) is 0 Å². The molecule has 0 spiro atoms. The average Bonchev–Trinajstić information content (AvgIpc) is 3.41. The third-order valence-corrected chi connectivity index (χ3v) is 7.36. The van der Waals surface area contributed by atoms with E-state index in [2.05, 4.69) is 39.9 Å². The fourth-order valence-electron chi connectivity index (χ4n) is 5.29. The summed E-state index contributed by atoms with van der Waals surface area (Å²) in [6.07, 6.45) is 1.65. The van der Waals surface area contributed by atoms with Crippen molar-refractivity contribution < 1.29 is 14.3 Å². The first-order chi connectivity index (χ1) is 19.0. The molecule has 4 aromatic rings. The number of hydrogen-bond acceptors (Lipinski definition) is 6. The van der Waals surface area contributed by atoms with Gasteiger partial charge in [-0.15, -0.1) is 0 Å². The summed E-state index contributed by atoms with van der Waals surface area (Å²) in [5.41, 5.74) is 3.09. The van der Waals surface area contributed by atoms with Gasteiger partial charge in [0, 0.05) is 51.2 Å². The summed E-state index contributed by atoms with van der Waals surface area (Å²) < 4.78 is 5.62. The molecule has 9 heteroatoms. The molecule has 202 valence electrons. The summed E-state index contributed by atoms with van der Waals surface area (Å²) in [7, 11) is 1.74. The second-order valence-corrected chi connectivity index (χ2v) is 9.99. The minimum Gasteiger partial charge on any atom is -0.384 e. The number of carbonyl (C=O) groups excluding carboxylic acids is 2. The van der Waals surface area contributed by atoms with Crippen molar-refractivity contribution in [3.63, 3.8) is 0 Å². The van der Waals surface area contributed by atoms with E-state index in [9.17, 15) is 9.59 Å². The SMILES string of the molecule is COCC1(c2ccccc2)CCN(C(=O)c2cc3c(NCCNC(C)=O)nc(-c4ccccc4)nc3[nH]2)CC1. The number of aromatic nitrogens is 3. The average molecular weight is 527 g/mol. The molecular weight excluding hydrogens is 492 g/mol. The minimum absolute atomic E-state index is 0.0578. The zero-order valence-corrected chi connectivity index (χ0v) is 22.4. The van der Waals surface area contributed by atoms with Gasteiger partial charge in [-0.2, -0.15) is 0 Å². The molecule has 2 aromatic carbocycles. The molecule has 2 amide bonds. The lowest BCUT2D eigenvalue weighted by Gasteiger charge is -2.41. The molecule has 39 heavy (non-hydrogen) atoms. The lowest BCUT2D eigenvalue weighted by molar-refractivity contribution is -0.118. The number of amides is 2. The molecule has 9 nitrogen and oxygen atoms in total. The van der Waals surface area contributed by atoms with E-state index in [1.54, 1.807) is 7.11 Å². The van der Waals surface area contributed by atoms with E-state index < -0.39 is 0 Å². The third kappa shape index (κ3) is 5.78. The first-order valence-electron chi connectivity index (χ1n) is 13.3. The van der Waals surface area contributed by atoms with Gasteiger partial charge in [-0.05, 0) is 24.5 Å². The Balaban J connectivity index is 1.39. The van der Waals surface area contributed by atoms with Crippen LogP contribution in [0.1, 0.15) is 35.8 Å². The molecule has 1 saturated heterocycles. The Bertz CT molecular complexity index is 1430. The van der Waals surface area contributed by atoms with Gasteiger partial charge in [0.25, 0.3) is 5.91 Å². The lowest BCUT2D eigenvalue weighted by Crippen LogP contribution is -2.47. The molecule has 1 aliphatic heterocycles. The summed E-state index contributed by atoms with van der Waals surface area (Å²) in [5, 5.41) is 6.82. The van der Waals surface area contributed by atoms with E-state index >= 15 is 0 Å². The van der Waals surface area contributed by atoms with Crippen LogP contribution in [-0.4, -0.2) is 71.6 Å². The van der Waals surface area contributed by atoms with Crippen molar-refractivity contribution >= 4 is 28.7 Å². The van der Waals surface area contributed by atoms with Crippen LogP contribution in [0, 0.1) is 0 Å². The predicted molar refractivity (Wildman–Crippen MR) is 152 cm³/mol. The molecule has 3 heterocycles. The summed E-state index contributed by atoms with van der Waals surface area (Å²) in [5.74, 6) is 1.02. The second kappa shape index (κ2) is 11.7. The van der Waals surface area contributed by atoms with Crippen molar-refractivity contribution in [3.05, 3.63) is 78.0 Å². The van der Waals surface area contributed by atoms with Gasteiger partial charge in [0.15, 0.2) is 5.82 Å². The lowest BCUT2D eigenvalue weighted by atomic mass is 9.73. The Morgan fingerprint density at radius 1 is 1.00 bits per heavy atom. The van der Waals surface area contributed by atoms with E-state index in [-0.39, 0.29) is 17.2 Å². The third-order valence-electron chi connectivity index (χ3n) is 7.36. The van der Waals surface area contributed by atoms with Gasteiger partial charge < -0.3 is 25.3 Å². The van der Waals surface area contributed by atoms with Crippen molar-refractivity contribution in [2.75, 3.05) is 45.2 Å². The molecule has 0 saturated carbocycles. The molecule has 5 rings (SSSR count). The summed E-state index contributed by atoms with van der Waals surface area (Å²) >= 11 is 0. The highest BCUT2D eigenvalue weighted by atomic mass is 16.5. The molecular formula is C30H34N6O3. The maximum Gasteiger partial charge on any atom is 0.270 e. The fraction of sp³-hybridized carbons (Fsp3) is 0.333. The van der Waals surface area contributed by atoms with Gasteiger partial charge in [-0.1, -0.05) is 60.7 Å². The van der Waals surface area contributed by atoms with Crippen molar-refractivity contribution in [1.82, 2.24) is 25.2 Å². The predicted octanol–water partition coefficient (Wildman–Crippen LogP) is 3.99. The molecule has 2 aromatic heterocycles. The Kier molecular flexibility index (Phi) is 7.88. The number of nitrogens with zero attached hydrogens (tertiary/aromatic N) is 3. The van der Waals surface area contributed by atoms with E-state index in [1.165, 1.54) is 12.5 Å². The Morgan fingerprint density at radius 3 is 2.36 bits per heavy atom. The highest BCUT2D eigenvalue weighted by Crippen LogP contribution is 2.36. The van der Waals surface area contributed by atoms with E-state index in [1.807, 2.05) is 47.4 Å². The monoisotopic (exact) mass is 526 g/mol. The second-order valence-electron chi connectivity index (χ2n) is 9.99. The molecule has 0 aliphatic carbocycles. The Morgan fingerprint density at radius 2 is 1.69 bits per heavy atom. The van der Waals surface area contributed by atoms with Crippen LogP contribution in [0.4, 0.5) is 5.82 Å².